The molecule has 0 spiro atoms. The van der Waals surface area contributed by atoms with Crippen LogP contribution in [-0.2, 0) is 12.8 Å². The van der Waals surface area contributed by atoms with Gasteiger partial charge in [-0.15, -0.1) is 0 Å². The Morgan fingerprint density at radius 3 is 2.40 bits per heavy atom. The van der Waals surface area contributed by atoms with Crippen LogP contribution in [-0.4, -0.2) is 5.11 Å². The van der Waals surface area contributed by atoms with Crippen molar-refractivity contribution in [1.82, 2.24) is 0 Å². The van der Waals surface area contributed by atoms with Crippen LogP contribution in [0, 0.1) is 18.3 Å². The first-order chi connectivity index (χ1) is 6.90. The lowest BCUT2D eigenvalue weighted by atomic mass is 9.99. The molecule has 15 heavy (non-hydrogen) atoms. The van der Waals surface area contributed by atoms with Crippen molar-refractivity contribution in [3.63, 3.8) is 0 Å². The average molecular weight is 215 g/mol. The molecular weight excluding hydrogens is 207 g/mol. The lowest BCUT2D eigenvalue weighted by Crippen LogP contribution is -2.11. The molecule has 1 rings (SSSR count). The van der Waals surface area contributed by atoms with E-state index >= 15 is 0 Å². The number of benzene rings is 1. The van der Waals surface area contributed by atoms with Crippen molar-refractivity contribution >= 4 is 0 Å². The molecule has 0 amide bonds. The van der Waals surface area contributed by atoms with Gasteiger partial charge in [-0.3, -0.25) is 0 Å². The van der Waals surface area contributed by atoms with Gasteiger partial charge < -0.3 is 5.11 Å². The predicted octanol–water partition coefficient (Wildman–Crippen LogP) is 2.38. The van der Waals surface area contributed by atoms with Crippen molar-refractivity contribution in [2.45, 2.75) is 19.7 Å². The quantitative estimate of drug-likeness (QED) is 0.781. The summed E-state index contributed by atoms with van der Waals surface area (Å²) in [4.78, 5) is 0. The molecule has 0 aromatic heterocycles. The van der Waals surface area contributed by atoms with Gasteiger partial charge in [0.05, 0.1) is 23.8 Å². The second-order valence-electron chi connectivity index (χ2n) is 3.09. The number of rotatable bonds is 1. The van der Waals surface area contributed by atoms with Gasteiger partial charge in [0.25, 0.3) is 0 Å². The summed E-state index contributed by atoms with van der Waals surface area (Å²) in [6.07, 6.45) is -4.55. The van der Waals surface area contributed by atoms with Crippen molar-refractivity contribution in [3.05, 3.63) is 34.4 Å². The maximum absolute atomic E-state index is 12.5. The standard InChI is InChI=1S/C10H8F3NO/c1-6-2-7(4-14)3-9(8(6)5-15)10(11,12)13/h2-3,15H,5H2,1H3. The summed E-state index contributed by atoms with van der Waals surface area (Å²) in [5.41, 5.74) is -0.913. The minimum absolute atomic E-state index is 0.0583. The molecule has 1 aromatic rings. The third-order valence-corrected chi connectivity index (χ3v) is 2.07. The first kappa shape index (κ1) is 11.5. The van der Waals surface area contributed by atoms with Crippen molar-refractivity contribution in [2.75, 3.05) is 0 Å². The van der Waals surface area contributed by atoms with Gasteiger partial charge in [0, 0.05) is 0 Å². The van der Waals surface area contributed by atoms with Gasteiger partial charge >= 0.3 is 6.18 Å². The maximum atomic E-state index is 12.5. The van der Waals surface area contributed by atoms with E-state index in [-0.39, 0.29) is 16.7 Å². The van der Waals surface area contributed by atoms with E-state index in [4.69, 9.17) is 10.4 Å². The molecule has 0 fully saturated rings. The van der Waals surface area contributed by atoms with Crippen LogP contribution in [0.1, 0.15) is 22.3 Å². The van der Waals surface area contributed by atoms with Gasteiger partial charge in [-0.05, 0) is 30.2 Å². The van der Waals surface area contributed by atoms with E-state index in [0.29, 0.717) is 0 Å². The van der Waals surface area contributed by atoms with Crippen molar-refractivity contribution < 1.29 is 18.3 Å². The number of nitriles is 1. The minimum Gasteiger partial charge on any atom is -0.392 e. The molecule has 80 valence electrons. The van der Waals surface area contributed by atoms with Gasteiger partial charge in [-0.25, -0.2) is 0 Å². The molecule has 5 heteroatoms. The zero-order valence-electron chi connectivity index (χ0n) is 7.89. The molecule has 0 heterocycles. The highest BCUT2D eigenvalue weighted by Crippen LogP contribution is 2.34. The molecular formula is C10H8F3NO. The third-order valence-electron chi connectivity index (χ3n) is 2.07. The number of hydrogen-bond donors (Lipinski definition) is 1. The summed E-state index contributed by atoms with van der Waals surface area (Å²) < 4.78 is 37.5. The van der Waals surface area contributed by atoms with Crippen LogP contribution < -0.4 is 0 Å². The topological polar surface area (TPSA) is 44.0 Å². The fourth-order valence-electron chi connectivity index (χ4n) is 1.34. The van der Waals surface area contributed by atoms with Gasteiger partial charge in [-0.1, -0.05) is 0 Å². The fraction of sp³-hybridized carbons (Fsp3) is 0.300. The zero-order valence-corrected chi connectivity index (χ0v) is 7.89. The van der Waals surface area contributed by atoms with Gasteiger partial charge in [0.2, 0.25) is 0 Å². The normalized spacial score (nSPS) is 11.2. The predicted molar refractivity (Wildman–Crippen MR) is 46.8 cm³/mol. The molecule has 0 saturated carbocycles. The van der Waals surface area contributed by atoms with Crippen LogP contribution in [0.3, 0.4) is 0 Å². The summed E-state index contributed by atoms with van der Waals surface area (Å²) in [5, 5.41) is 17.4. The van der Waals surface area contributed by atoms with Crippen LogP contribution in [0.15, 0.2) is 12.1 Å². The van der Waals surface area contributed by atoms with Crippen LogP contribution in [0.5, 0.6) is 0 Å². The molecule has 0 saturated heterocycles. The van der Waals surface area contributed by atoms with E-state index in [2.05, 4.69) is 0 Å². The van der Waals surface area contributed by atoms with E-state index in [1.807, 2.05) is 0 Å². The number of alkyl halides is 3. The molecule has 0 aliphatic carbocycles. The number of halogens is 3. The summed E-state index contributed by atoms with van der Waals surface area (Å²) in [7, 11) is 0. The van der Waals surface area contributed by atoms with Crippen LogP contribution in [0.2, 0.25) is 0 Å². The smallest absolute Gasteiger partial charge is 0.392 e. The Kier molecular flexibility index (Phi) is 3.01. The Bertz CT molecular complexity index is 418. The Morgan fingerprint density at radius 2 is 2.00 bits per heavy atom. The Balaban J connectivity index is 3.48. The zero-order chi connectivity index (χ0) is 11.6. The molecule has 0 bridgehead atoms. The Labute approximate surface area is 84.6 Å². The second kappa shape index (κ2) is 3.91. The highest BCUT2D eigenvalue weighted by Gasteiger charge is 2.34. The number of nitrogens with zero attached hydrogens (tertiary/aromatic N) is 1. The van der Waals surface area contributed by atoms with Crippen molar-refractivity contribution in [3.8, 4) is 6.07 Å². The Hall–Kier alpha value is -1.54. The molecule has 0 radical (unpaired) electrons. The minimum atomic E-state index is -4.55. The molecule has 0 aliphatic rings. The summed E-state index contributed by atoms with van der Waals surface area (Å²) in [6, 6.07) is 3.72. The van der Waals surface area contributed by atoms with E-state index in [0.717, 1.165) is 6.07 Å². The lowest BCUT2D eigenvalue weighted by Gasteiger charge is -2.13. The number of hydrogen-bond acceptors (Lipinski definition) is 2. The largest absolute Gasteiger partial charge is 0.416 e. The first-order valence-corrected chi connectivity index (χ1v) is 4.12. The molecule has 0 atom stereocenters. The summed E-state index contributed by atoms with van der Waals surface area (Å²) in [5.74, 6) is 0. The number of aliphatic hydroxyl groups excluding tert-OH is 1. The number of aryl methyl sites for hydroxylation is 1. The fourth-order valence-corrected chi connectivity index (χ4v) is 1.34. The third kappa shape index (κ3) is 2.28. The highest BCUT2D eigenvalue weighted by atomic mass is 19.4. The van der Waals surface area contributed by atoms with Gasteiger partial charge in [-0.2, -0.15) is 18.4 Å². The molecule has 1 aromatic carbocycles. The Morgan fingerprint density at radius 1 is 1.40 bits per heavy atom. The van der Waals surface area contributed by atoms with Gasteiger partial charge in [0.1, 0.15) is 0 Å². The first-order valence-electron chi connectivity index (χ1n) is 4.12. The number of aliphatic hydroxyl groups is 1. The molecule has 0 unspecified atom stereocenters. The van der Waals surface area contributed by atoms with E-state index in [1.165, 1.54) is 13.0 Å². The molecule has 0 aliphatic heterocycles. The van der Waals surface area contributed by atoms with E-state index in [1.54, 1.807) is 6.07 Å². The molecule has 2 nitrogen and oxygen atoms in total. The van der Waals surface area contributed by atoms with Gasteiger partial charge in [0.15, 0.2) is 0 Å². The highest BCUT2D eigenvalue weighted by molar-refractivity contribution is 5.44. The monoisotopic (exact) mass is 215 g/mol. The van der Waals surface area contributed by atoms with E-state index < -0.39 is 18.3 Å². The van der Waals surface area contributed by atoms with E-state index in [9.17, 15) is 13.2 Å². The summed E-state index contributed by atoms with van der Waals surface area (Å²) >= 11 is 0. The van der Waals surface area contributed by atoms with Crippen LogP contribution >= 0.6 is 0 Å². The SMILES string of the molecule is Cc1cc(C#N)cc(C(F)(F)F)c1CO. The van der Waals surface area contributed by atoms with Crippen molar-refractivity contribution in [1.29, 1.82) is 5.26 Å². The maximum Gasteiger partial charge on any atom is 0.416 e. The molecule has 1 N–H and O–H groups in total. The average Bonchev–Trinajstić information content (AvgIpc) is 2.15. The summed E-state index contributed by atoms with van der Waals surface area (Å²) in [6.45, 7) is 0.744. The lowest BCUT2D eigenvalue weighted by molar-refractivity contribution is -0.138. The van der Waals surface area contributed by atoms with Crippen LogP contribution in [0.4, 0.5) is 13.2 Å². The second-order valence-corrected chi connectivity index (χ2v) is 3.09. The van der Waals surface area contributed by atoms with Crippen molar-refractivity contribution in [2.24, 2.45) is 0 Å². The van der Waals surface area contributed by atoms with Crippen LogP contribution in [0.25, 0.3) is 0 Å².